The fourth-order valence-corrected chi connectivity index (χ4v) is 2.06. The molecule has 0 heterocycles. The summed E-state index contributed by atoms with van der Waals surface area (Å²) in [6.45, 7) is 0. The lowest BCUT2D eigenvalue weighted by molar-refractivity contribution is 0.105. The van der Waals surface area contributed by atoms with Gasteiger partial charge in [0.05, 0.1) is 0 Å². The number of halogens is 2. The summed E-state index contributed by atoms with van der Waals surface area (Å²) in [4.78, 5) is 12.1. The highest BCUT2D eigenvalue weighted by Crippen LogP contribution is 2.25. The first-order chi connectivity index (χ1) is 10.5. The summed E-state index contributed by atoms with van der Waals surface area (Å²) in [5, 5.41) is 18.9. The molecule has 112 valence electrons. The van der Waals surface area contributed by atoms with Gasteiger partial charge in [0.15, 0.2) is 11.1 Å². The molecule has 0 spiro atoms. The molecule has 2 aromatic rings. The van der Waals surface area contributed by atoms with Gasteiger partial charge in [-0.1, -0.05) is 47.3 Å². The van der Waals surface area contributed by atoms with E-state index in [-0.39, 0.29) is 16.7 Å². The first-order valence-electron chi connectivity index (χ1n) is 6.38. The molecule has 0 aliphatic carbocycles. The zero-order chi connectivity index (χ0) is 16.1. The van der Waals surface area contributed by atoms with E-state index in [4.69, 9.17) is 23.2 Å². The molecule has 0 aromatic heterocycles. The second-order valence-electron chi connectivity index (χ2n) is 4.51. The van der Waals surface area contributed by atoms with Crippen LogP contribution in [0.25, 0.3) is 0 Å². The standard InChI is InChI=1S/C17H12Cl2O3/c18-16(21)13-8-12(9-14(10-13)17(19)22)15(20)7-6-11-4-2-1-3-5-11/h1-5,8-10,16-17,21-22H. The maximum atomic E-state index is 12.1. The molecule has 0 amide bonds. The van der Waals surface area contributed by atoms with E-state index < -0.39 is 16.9 Å². The average Bonchev–Trinajstić information content (AvgIpc) is 2.53. The molecule has 0 saturated heterocycles. The third kappa shape index (κ3) is 4.33. The molecule has 0 fully saturated rings. The molecule has 2 atom stereocenters. The molecule has 0 bridgehead atoms. The van der Waals surface area contributed by atoms with Gasteiger partial charge < -0.3 is 10.2 Å². The number of hydrogen-bond donors (Lipinski definition) is 2. The Morgan fingerprint density at radius 2 is 1.50 bits per heavy atom. The van der Waals surface area contributed by atoms with Gasteiger partial charge in [0.25, 0.3) is 0 Å². The minimum absolute atomic E-state index is 0.204. The van der Waals surface area contributed by atoms with E-state index in [0.29, 0.717) is 5.56 Å². The van der Waals surface area contributed by atoms with Crippen LogP contribution >= 0.6 is 23.2 Å². The fourth-order valence-electron chi connectivity index (χ4n) is 1.81. The predicted octanol–water partition coefficient (Wildman–Crippen LogP) is 3.38. The molecule has 0 aliphatic heterocycles. The van der Waals surface area contributed by atoms with Crippen molar-refractivity contribution in [1.82, 2.24) is 0 Å². The number of Topliss-reactive ketones (excluding diaryl/α,β-unsaturated/α-hetero) is 1. The lowest BCUT2D eigenvalue weighted by atomic mass is 10.0. The van der Waals surface area contributed by atoms with Gasteiger partial charge in [-0.05, 0) is 47.4 Å². The first kappa shape index (κ1) is 16.5. The minimum atomic E-state index is -1.30. The van der Waals surface area contributed by atoms with Crippen molar-refractivity contribution in [3.63, 3.8) is 0 Å². The lowest BCUT2D eigenvalue weighted by Gasteiger charge is -2.09. The van der Waals surface area contributed by atoms with Crippen LogP contribution in [-0.2, 0) is 0 Å². The van der Waals surface area contributed by atoms with Crippen LogP contribution in [0.1, 0.15) is 38.2 Å². The number of aliphatic hydroxyl groups excluding tert-OH is 2. The van der Waals surface area contributed by atoms with Gasteiger partial charge in [0, 0.05) is 11.1 Å². The number of benzene rings is 2. The summed E-state index contributed by atoms with van der Waals surface area (Å²) < 4.78 is 0. The van der Waals surface area contributed by atoms with E-state index >= 15 is 0 Å². The van der Waals surface area contributed by atoms with Crippen LogP contribution in [0.2, 0.25) is 0 Å². The first-order valence-corrected chi connectivity index (χ1v) is 7.25. The van der Waals surface area contributed by atoms with Crippen LogP contribution < -0.4 is 0 Å². The van der Waals surface area contributed by atoms with Crippen LogP contribution in [0, 0.1) is 11.8 Å². The van der Waals surface area contributed by atoms with Crippen molar-refractivity contribution in [3.8, 4) is 11.8 Å². The van der Waals surface area contributed by atoms with Crippen LogP contribution in [0.3, 0.4) is 0 Å². The van der Waals surface area contributed by atoms with Crippen LogP contribution in [-0.4, -0.2) is 16.0 Å². The van der Waals surface area contributed by atoms with Crippen molar-refractivity contribution in [1.29, 1.82) is 0 Å². The van der Waals surface area contributed by atoms with Crippen molar-refractivity contribution in [3.05, 3.63) is 70.8 Å². The quantitative estimate of drug-likeness (QED) is 0.514. The van der Waals surface area contributed by atoms with Gasteiger partial charge in [-0.3, -0.25) is 4.79 Å². The molecule has 0 radical (unpaired) electrons. The van der Waals surface area contributed by atoms with Gasteiger partial charge in [-0.25, -0.2) is 0 Å². The van der Waals surface area contributed by atoms with Gasteiger partial charge in [0.1, 0.15) is 0 Å². The molecule has 2 unspecified atom stereocenters. The van der Waals surface area contributed by atoms with Crippen molar-refractivity contribution >= 4 is 29.0 Å². The van der Waals surface area contributed by atoms with Gasteiger partial charge >= 0.3 is 0 Å². The van der Waals surface area contributed by atoms with Crippen molar-refractivity contribution in [2.75, 3.05) is 0 Å². The second-order valence-corrected chi connectivity index (χ2v) is 5.33. The minimum Gasteiger partial charge on any atom is -0.373 e. The number of ketones is 1. The SMILES string of the molecule is O=C(C#Cc1ccccc1)c1cc(C(O)Cl)cc(C(O)Cl)c1. The molecule has 2 N–H and O–H groups in total. The van der Waals surface area contributed by atoms with Gasteiger partial charge in [0.2, 0.25) is 5.78 Å². The normalized spacial score (nSPS) is 12.9. The number of hydrogen-bond acceptors (Lipinski definition) is 3. The highest BCUT2D eigenvalue weighted by molar-refractivity contribution is 6.20. The van der Waals surface area contributed by atoms with Crippen LogP contribution in [0.5, 0.6) is 0 Å². The largest absolute Gasteiger partial charge is 0.373 e. The summed E-state index contributed by atoms with van der Waals surface area (Å²) in [5.41, 5.74) is -1.15. The number of aliphatic hydroxyl groups is 2. The highest BCUT2D eigenvalue weighted by Gasteiger charge is 2.13. The maximum absolute atomic E-state index is 12.1. The Morgan fingerprint density at radius 3 is 2.00 bits per heavy atom. The average molecular weight is 335 g/mol. The molecule has 0 aliphatic rings. The lowest BCUT2D eigenvalue weighted by Crippen LogP contribution is -2.02. The zero-order valence-corrected chi connectivity index (χ0v) is 12.8. The number of carbonyl (C=O) groups is 1. The Balaban J connectivity index is 2.35. The van der Waals surface area contributed by atoms with E-state index in [1.807, 2.05) is 18.2 Å². The number of rotatable bonds is 3. The van der Waals surface area contributed by atoms with Crippen LogP contribution in [0.4, 0.5) is 0 Å². The Bertz CT molecular complexity index is 702. The highest BCUT2D eigenvalue weighted by atomic mass is 35.5. The number of alkyl halides is 2. The molecule has 5 heteroatoms. The maximum Gasteiger partial charge on any atom is 0.236 e. The molecule has 3 nitrogen and oxygen atoms in total. The predicted molar refractivity (Wildman–Crippen MR) is 85.7 cm³/mol. The smallest absolute Gasteiger partial charge is 0.236 e. The molecule has 2 rings (SSSR count). The summed E-state index contributed by atoms with van der Waals surface area (Å²) in [6, 6.07) is 13.3. The molecule has 0 saturated carbocycles. The third-order valence-electron chi connectivity index (χ3n) is 2.88. The third-order valence-corrected chi connectivity index (χ3v) is 3.39. The van der Waals surface area contributed by atoms with Crippen molar-refractivity contribution < 1.29 is 15.0 Å². The Kier molecular flexibility index (Phi) is 5.59. The number of carbonyl (C=O) groups excluding carboxylic acids is 1. The Hall–Kier alpha value is -1.83. The van der Waals surface area contributed by atoms with E-state index in [9.17, 15) is 15.0 Å². The molecule has 2 aromatic carbocycles. The summed E-state index contributed by atoms with van der Waals surface area (Å²) in [6.07, 6.45) is 0. The Labute approximate surface area is 138 Å². The summed E-state index contributed by atoms with van der Waals surface area (Å²) in [7, 11) is 0. The molecule has 22 heavy (non-hydrogen) atoms. The summed E-state index contributed by atoms with van der Waals surface area (Å²) >= 11 is 11.2. The van der Waals surface area contributed by atoms with Crippen molar-refractivity contribution in [2.45, 2.75) is 11.1 Å². The summed E-state index contributed by atoms with van der Waals surface area (Å²) in [5.74, 6) is 4.80. The second kappa shape index (κ2) is 7.44. The zero-order valence-electron chi connectivity index (χ0n) is 11.3. The van der Waals surface area contributed by atoms with E-state index in [1.54, 1.807) is 12.1 Å². The van der Waals surface area contributed by atoms with Crippen LogP contribution in [0.15, 0.2) is 48.5 Å². The van der Waals surface area contributed by atoms with Crippen molar-refractivity contribution in [2.24, 2.45) is 0 Å². The van der Waals surface area contributed by atoms with Gasteiger partial charge in [-0.15, -0.1) is 0 Å². The molecular weight excluding hydrogens is 323 g/mol. The Morgan fingerprint density at radius 1 is 0.955 bits per heavy atom. The van der Waals surface area contributed by atoms with E-state index in [0.717, 1.165) is 0 Å². The van der Waals surface area contributed by atoms with E-state index in [2.05, 4.69) is 11.8 Å². The monoisotopic (exact) mass is 334 g/mol. The van der Waals surface area contributed by atoms with Gasteiger partial charge in [-0.2, -0.15) is 0 Å². The topological polar surface area (TPSA) is 57.5 Å². The molecular formula is C17H12Cl2O3. The van der Waals surface area contributed by atoms with E-state index in [1.165, 1.54) is 18.2 Å². The fraction of sp³-hybridized carbons (Fsp3) is 0.118.